The number of ether oxygens (including phenoxy) is 1. The Morgan fingerprint density at radius 1 is 1.42 bits per heavy atom. The van der Waals surface area contributed by atoms with E-state index in [4.69, 9.17) is 21.4 Å². The smallest absolute Gasteiger partial charge is 0.304 e. The van der Waals surface area contributed by atoms with E-state index in [0.717, 1.165) is 25.0 Å². The average molecular weight is 281 g/mol. The topological polar surface area (TPSA) is 46.5 Å². The van der Waals surface area contributed by atoms with Gasteiger partial charge in [0.2, 0.25) is 0 Å². The van der Waals surface area contributed by atoms with Crippen LogP contribution in [0.2, 0.25) is 5.02 Å². The van der Waals surface area contributed by atoms with Crippen LogP contribution in [-0.4, -0.2) is 17.7 Å². The van der Waals surface area contributed by atoms with E-state index in [2.05, 4.69) is 0 Å². The molecule has 0 aromatic heterocycles. The van der Waals surface area contributed by atoms with Crippen molar-refractivity contribution in [2.24, 2.45) is 5.92 Å². The summed E-state index contributed by atoms with van der Waals surface area (Å²) in [5.41, 5.74) is 0.860. The van der Waals surface area contributed by atoms with Gasteiger partial charge in [-0.05, 0) is 49.3 Å². The first-order valence-corrected chi connectivity index (χ1v) is 7.11. The molecule has 3 nitrogen and oxygen atoms in total. The maximum Gasteiger partial charge on any atom is 0.304 e. The predicted molar refractivity (Wildman–Crippen MR) is 72.8 cm³/mol. The zero-order valence-electron chi connectivity index (χ0n) is 10.7. The lowest BCUT2D eigenvalue weighted by Crippen LogP contribution is -2.13. The summed E-state index contributed by atoms with van der Waals surface area (Å²) in [4.78, 5) is 10.9. The summed E-state index contributed by atoms with van der Waals surface area (Å²) in [7, 11) is 0. The molecule has 0 saturated heterocycles. The number of carboxylic acid groups (broad SMARTS) is 1. The number of carbonyl (C=O) groups is 1. The molecule has 0 atom stereocenters. The van der Waals surface area contributed by atoms with Crippen molar-refractivity contribution in [1.82, 2.24) is 0 Å². The molecule has 102 valence electrons. The Hall–Kier alpha value is -1.22. The molecule has 2 aliphatic rings. The zero-order valence-corrected chi connectivity index (χ0v) is 11.4. The molecule has 3 rings (SSSR count). The van der Waals surface area contributed by atoms with Crippen LogP contribution in [0, 0.1) is 5.92 Å². The van der Waals surface area contributed by atoms with Crippen LogP contribution in [0.15, 0.2) is 18.2 Å². The highest BCUT2D eigenvalue weighted by atomic mass is 35.5. The monoisotopic (exact) mass is 280 g/mol. The van der Waals surface area contributed by atoms with Gasteiger partial charge in [0.25, 0.3) is 0 Å². The molecule has 0 heterocycles. The SMILES string of the molecule is O=C(O)CC1(c2ccc(Cl)c(OCC3CC3)c2)CC1. The van der Waals surface area contributed by atoms with Crippen LogP contribution in [0.5, 0.6) is 5.75 Å². The average Bonchev–Trinajstić information content (AvgIpc) is 3.22. The van der Waals surface area contributed by atoms with Gasteiger partial charge in [-0.25, -0.2) is 0 Å². The number of carboxylic acids is 1. The third kappa shape index (κ3) is 2.86. The van der Waals surface area contributed by atoms with Gasteiger partial charge in [-0.2, -0.15) is 0 Å². The van der Waals surface area contributed by atoms with Gasteiger partial charge in [0.1, 0.15) is 5.75 Å². The fourth-order valence-corrected chi connectivity index (χ4v) is 2.62. The number of halogens is 1. The lowest BCUT2D eigenvalue weighted by Gasteiger charge is -2.15. The molecule has 0 bridgehead atoms. The van der Waals surface area contributed by atoms with Crippen LogP contribution in [0.25, 0.3) is 0 Å². The Kier molecular flexibility index (Phi) is 3.17. The van der Waals surface area contributed by atoms with Crippen molar-refractivity contribution in [3.8, 4) is 5.75 Å². The molecular weight excluding hydrogens is 264 g/mol. The van der Waals surface area contributed by atoms with E-state index in [0.29, 0.717) is 16.7 Å². The highest BCUT2D eigenvalue weighted by Crippen LogP contribution is 2.52. The Morgan fingerprint density at radius 2 is 2.16 bits per heavy atom. The van der Waals surface area contributed by atoms with Crippen molar-refractivity contribution < 1.29 is 14.6 Å². The lowest BCUT2D eigenvalue weighted by molar-refractivity contribution is -0.137. The number of hydrogen-bond donors (Lipinski definition) is 1. The van der Waals surface area contributed by atoms with Crippen molar-refractivity contribution in [3.63, 3.8) is 0 Å². The summed E-state index contributed by atoms with van der Waals surface area (Å²) in [6, 6.07) is 5.68. The molecule has 0 spiro atoms. The Bertz CT molecular complexity index is 504. The zero-order chi connectivity index (χ0) is 13.5. The van der Waals surface area contributed by atoms with Gasteiger partial charge in [0.15, 0.2) is 0 Å². The minimum absolute atomic E-state index is 0.186. The van der Waals surface area contributed by atoms with E-state index in [9.17, 15) is 4.79 Å². The molecule has 1 aromatic carbocycles. The quantitative estimate of drug-likeness (QED) is 0.865. The molecule has 1 N–H and O–H groups in total. The Morgan fingerprint density at radius 3 is 2.74 bits per heavy atom. The van der Waals surface area contributed by atoms with Crippen molar-refractivity contribution in [3.05, 3.63) is 28.8 Å². The van der Waals surface area contributed by atoms with E-state index in [1.165, 1.54) is 12.8 Å². The molecule has 2 saturated carbocycles. The first kappa shape index (κ1) is 12.8. The molecule has 19 heavy (non-hydrogen) atoms. The highest BCUT2D eigenvalue weighted by molar-refractivity contribution is 6.32. The van der Waals surface area contributed by atoms with E-state index in [-0.39, 0.29) is 11.8 Å². The van der Waals surface area contributed by atoms with E-state index in [1.54, 1.807) is 0 Å². The second-order valence-corrected chi connectivity index (χ2v) is 6.16. The molecule has 0 aliphatic heterocycles. The summed E-state index contributed by atoms with van der Waals surface area (Å²) in [6.45, 7) is 0.717. The van der Waals surface area contributed by atoms with E-state index in [1.807, 2.05) is 18.2 Å². The minimum atomic E-state index is -0.743. The van der Waals surface area contributed by atoms with Gasteiger partial charge in [0.05, 0.1) is 18.1 Å². The van der Waals surface area contributed by atoms with Crippen molar-refractivity contribution >= 4 is 17.6 Å². The minimum Gasteiger partial charge on any atom is -0.492 e. The van der Waals surface area contributed by atoms with Crippen LogP contribution < -0.4 is 4.74 Å². The van der Waals surface area contributed by atoms with Crippen LogP contribution in [0.1, 0.15) is 37.7 Å². The van der Waals surface area contributed by atoms with Crippen LogP contribution in [-0.2, 0) is 10.2 Å². The summed E-state index contributed by atoms with van der Waals surface area (Å²) in [5.74, 6) is 0.629. The molecule has 0 amide bonds. The van der Waals surface area contributed by atoms with Gasteiger partial charge < -0.3 is 9.84 Å². The summed E-state index contributed by atoms with van der Waals surface area (Å²) < 4.78 is 5.75. The molecule has 0 unspecified atom stereocenters. The number of hydrogen-bond acceptors (Lipinski definition) is 2. The van der Waals surface area contributed by atoms with E-state index < -0.39 is 5.97 Å². The molecular formula is C15H17ClO3. The maximum atomic E-state index is 10.9. The standard InChI is InChI=1S/C15H17ClO3/c16-12-4-3-11(15(5-6-15)8-14(17)18)7-13(12)19-9-10-1-2-10/h3-4,7,10H,1-2,5-6,8-9H2,(H,17,18). The number of aliphatic carboxylic acids is 1. The van der Waals surface area contributed by atoms with E-state index >= 15 is 0 Å². The highest BCUT2D eigenvalue weighted by Gasteiger charge is 2.46. The first-order chi connectivity index (χ1) is 9.09. The first-order valence-electron chi connectivity index (χ1n) is 6.74. The fourth-order valence-electron chi connectivity index (χ4n) is 2.44. The van der Waals surface area contributed by atoms with Gasteiger partial charge in [-0.1, -0.05) is 17.7 Å². The van der Waals surface area contributed by atoms with Gasteiger partial charge >= 0.3 is 5.97 Å². The summed E-state index contributed by atoms with van der Waals surface area (Å²) in [6.07, 6.45) is 4.53. The third-order valence-electron chi connectivity index (χ3n) is 4.06. The number of benzene rings is 1. The second-order valence-electron chi connectivity index (χ2n) is 5.75. The van der Waals surface area contributed by atoms with Crippen molar-refractivity contribution in [1.29, 1.82) is 0 Å². The van der Waals surface area contributed by atoms with Crippen LogP contribution in [0.3, 0.4) is 0 Å². The molecule has 2 fully saturated rings. The second kappa shape index (κ2) is 4.71. The van der Waals surface area contributed by atoms with Crippen LogP contribution in [0.4, 0.5) is 0 Å². The lowest BCUT2D eigenvalue weighted by atomic mass is 9.92. The molecule has 2 aliphatic carbocycles. The molecule has 1 aromatic rings. The largest absolute Gasteiger partial charge is 0.492 e. The van der Waals surface area contributed by atoms with Gasteiger partial charge in [-0.15, -0.1) is 0 Å². The van der Waals surface area contributed by atoms with Gasteiger partial charge in [0, 0.05) is 5.41 Å². The fraction of sp³-hybridized carbons (Fsp3) is 0.533. The maximum absolute atomic E-state index is 10.9. The van der Waals surface area contributed by atoms with Crippen molar-refractivity contribution in [2.45, 2.75) is 37.5 Å². The van der Waals surface area contributed by atoms with Crippen LogP contribution >= 0.6 is 11.6 Å². The molecule has 4 heteroatoms. The number of rotatable bonds is 6. The summed E-state index contributed by atoms with van der Waals surface area (Å²) in [5, 5.41) is 9.61. The molecule has 0 radical (unpaired) electrons. The third-order valence-corrected chi connectivity index (χ3v) is 4.37. The van der Waals surface area contributed by atoms with Crippen molar-refractivity contribution in [2.75, 3.05) is 6.61 Å². The summed E-state index contributed by atoms with van der Waals surface area (Å²) >= 11 is 6.13. The Balaban J connectivity index is 1.78. The van der Waals surface area contributed by atoms with Gasteiger partial charge in [-0.3, -0.25) is 4.79 Å². The Labute approximate surface area is 117 Å². The normalized spacial score (nSPS) is 20.1. The predicted octanol–water partition coefficient (Wildman–Crippen LogP) is 3.64.